The lowest BCUT2D eigenvalue weighted by Gasteiger charge is -2.04. The van der Waals surface area contributed by atoms with Crippen LogP contribution in [-0.2, 0) is 0 Å². The fourth-order valence-electron chi connectivity index (χ4n) is 5.88. The summed E-state index contributed by atoms with van der Waals surface area (Å²) >= 11 is 0. The molecule has 0 aliphatic rings. The molecule has 0 spiro atoms. The maximum Gasteiger partial charge on any atom is 0.161 e. The molecule has 0 saturated heterocycles. The standard InChI is InChI=1S/C34H18N2O3/c1-3-13-27-25(7-1)29-33(37-27)23(15-17-35-29)21-11-5-9-19-20-10-6-12-22(32(20)39-31(19)21)24-16-18-36-30-26-8-2-4-14-28(26)38-34(24)30/h1-18H. The molecule has 0 atom stereocenters. The molecule has 0 bridgehead atoms. The van der Waals surface area contributed by atoms with Gasteiger partial charge in [-0.05, 0) is 36.4 Å². The Morgan fingerprint density at radius 3 is 1.31 bits per heavy atom. The summed E-state index contributed by atoms with van der Waals surface area (Å²) in [5, 5.41) is 4.09. The predicted molar refractivity (Wildman–Crippen MR) is 155 cm³/mol. The summed E-state index contributed by atoms with van der Waals surface area (Å²) in [6.45, 7) is 0. The molecule has 5 heterocycles. The van der Waals surface area contributed by atoms with Crippen molar-refractivity contribution in [1.29, 1.82) is 0 Å². The molecule has 0 aliphatic carbocycles. The van der Waals surface area contributed by atoms with Crippen LogP contribution in [0.4, 0.5) is 0 Å². The molecule has 5 nitrogen and oxygen atoms in total. The highest BCUT2D eigenvalue weighted by atomic mass is 16.3. The van der Waals surface area contributed by atoms with Gasteiger partial charge in [-0.1, -0.05) is 60.7 Å². The molecule has 5 aromatic heterocycles. The summed E-state index contributed by atoms with van der Waals surface area (Å²) in [6.07, 6.45) is 3.67. The Kier molecular flexibility index (Phi) is 3.99. The lowest BCUT2D eigenvalue weighted by Crippen LogP contribution is -1.82. The van der Waals surface area contributed by atoms with E-state index in [2.05, 4.69) is 46.4 Å². The zero-order valence-electron chi connectivity index (χ0n) is 20.5. The van der Waals surface area contributed by atoms with Crippen molar-refractivity contribution in [2.75, 3.05) is 0 Å². The second kappa shape index (κ2) is 7.55. The predicted octanol–water partition coefficient (Wildman–Crippen LogP) is 9.51. The van der Waals surface area contributed by atoms with Gasteiger partial charge in [0.15, 0.2) is 11.2 Å². The van der Waals surface area contributed by atoms with E-state index in [4.69, 9.17) is 13.3 Å². The van der Waals surface area contributed by atoms with E-state index in [1.165, 1.54) is 0 Å². The van der Waals surface area contributed by atoms with Gasteiger partial charge in [0.2, 0.25) is 0 Å². The first-order valence-corrected chi connectivity index (χ1v) is 12.8. The number of fused-ring (bicyclic) bond motifs is 9. The molecule has 39 heavy (non-hydrogen) atoms. The maximum absolute atomic E-state index is 6.75. The number of hydrogen-bond donors (Lipinski definition) is 0. The lowest BCUT2D eigenvalue weighted by atomic mass is 10.00. The smallest absolute Gasteiger partial charge is 0.161 e. The largest absolute Gasteiger partial charge is 0.455 e. The summed E-state index contributed by atoms with van der Waals surface area (Å²) in [6, 6.07) is 32.5. The van der Waals surface area contributed by atoms with Gasteiger partial charge in [-0.3, -0.25) is 9.97 Å². The SMILES string of the molecule is c1ccc2c(c1)oc1c(-c3cccc4c3oc3c(-c5ccnc6c5oc5ccccc56)cccc34)ccnc12. The highest BCUT2D eigenvalue weighted by molar-refractivity contribution is 6.17. The molecule has 4 aromatic carbocycles. The first kappa shape index (κ1) is 20.6. The van der Waals surface area contributed by atoms with Crippen molar-refractivity contribution in [2.24, 2.45) is 0 Å². The van der Waals surface area contributed by atoms with Crippen molar-refractivity contribution in [3.05, 3.63) is 109 Å². The number of para-hydroxylation sites is 4. The van der Waals surface area contributed by atoms with Crippen molar-refractivity contribution in [2.45, 2.75) is 0 Å². The lowest BCUT2D eigenvalue weighted by molar-refractivity contribution is 0.663. The van der Waals surface area contributed by atoms with Crippen molar-refractivity contribution in [3.63, 3.8) is 0 Å². The Morgan fingerprint density at radius 2 is 0.795 bits per heavy atom. The second-order valence-electron chi connectivity index (χ2n) is 9.74. The van der Waals surface area contributed by atoms with E-state index in [-0.39, 0.29) is 0 Å². The molecule has 0 N–H and O–H groups in total. The third-order valence-electron chi connectivity index (χ3n) is 7.62. The van der Waals surface area contributed by atoms with Gasteiger partial charge in [0.05, 0.1) is 0 Å². The fourth-order valence-corrected chi connectivity index (χ4v) is 5.88. The van der Waals surface area contributed by atoms with E-state index < -0.39 is 0 Å². The number of furan rings is 3. The van der Waals surface area contributed by atoms with Gasteiger partial charge >= 0.3 is 0 Å². The van der Waals surface area contributed by atoms with Crippen LogP contribution in [0.5, 0.6) is 0 Å². The van der Waals surface area contributed by atoms with Gasteiger partial charge in [0.25, 0.3) is 0 Å². The van der Waals surface area contributed by atoms with Gasteiger partial charge in [-0.15, -0.1) is 0 Å². The minimum atomic E-state index is 0.755. The number of aromatic nitrogens is 2. The highest BCUT2D eigenvalue weighted by Crippen LogP contribution is 2.44. The number of rotatable bonds is 2. The van der Waals surface area contributed by atoms with Crippen LogP contribution in [-0.4, -0.2) is 9.97 Å². The Hall–Kier alpha value is -5.42. The van der Waals surface area contributed by atoms with Gasteiger partial charge in [-0.2, -0.15) is 0 Å². The molecule has 9 aromatic rings. The van der Waals surface area contributed by atoms with Gasteiger partial charge < -0.3 is 13.3 Å². The summed E-state index contributed by atoms with van der Waals surface area (Å²) in [7, 11) is 0. The van der Waals surface area contributed by atoms with Gasteiger partial charge in [-0.25, -0.2) is 0 Å². The van der Waals surface area contributed by atoms with Crippen molar-refractivity contribution in [3.8, 4) is 22.3 Å². The van der Waals surface area contributed by atoms with Crippen LogP contribution in [0.25, 0.3) is 88.3 Å². The molecule has 0 fully saturated rings. The molecular weight excluding hydrogens is 484 g/mol. The molecule has 0 unspecified atom stereocenters. The molecule has 9 rings (SSSR count). The third kappa shape index (κ3) is 2.79. The molecule has 5 heteroatoms. The molecular formula is C34H18N2O3. The Labute approximate surface area is 220 Å². The minimum absolute atomic E-state index is 0.755. The summed E-state index contributed by atoms with van der Waals surface area (Å²) in [4.78, 5) is 9.28. The number of hydrogen-bond acceptors (Lipinski definition) is 5. The Morgan fingerprint density at radius 1 is 0.359 bits per heavy atom. The van der Waals surface area contributed by atoms with E-state index in [0.29, 0.717) is 0 Å². The summed E-state index contributed by atoms with van der Waals surface area (Å²) in [5.41, 5.74) is 10.3. The minimum Gasteiger partial charge on any atom is -0.455 e. The van der Waals surface area contributed by atoms with Crippen LogP contribution in [0, 0.1) is 0 Å². The van der Waals surface area contributed by atoms with E-state index in [1.54, 1.807) is 0 Å². The van der Waals surface area contributed by atoms with Crippen molar-refractivity contribution < 1.29 is 13.3 Å². The van der Waals surface area contributed by atoms with Gasteiger partial charge in [0, 0.05) is 56.2 Å². The van der Waals surface area contributed by atoms with E-state index in [9.17, 15) is 0 Å². The average molecular weight is 503 g/mol. The quantitative estimate of drug-likeness (QED) is 0.235. The molecule has 0 amide bonds. The normalized spacial score (nSPS) is 12.1. The summed E-state index contributed by atoms with van der Waals surface area (Å²) < 4.78 is 19.4. The molecule has 0 radical (unpaired) electrons. The highest BCUT2D eigenvalue weighted by Gasteiger charge is 2.21. The zero-order valence-corrected chi connectivity index (χ0v) is 20.5. The van der Waals surface area contributed by atoms with Gasteiger partial charge in [0.1, 0.15) is 33.4 Å². The van der Waals surface area contributed by atoms with Crippen LogP contribution in [0.15, 0.2) is 123 Å². The average Bonchev–Trinajstić information content (AvgIpc) is 3.68. The zero-order chi connectivity index (χ0) is 25.5. The topological polar surface area (TPSA) is 65.2 Å². The van der Waals surface area contributed by atoms with Crippen LogP contribution in [0.3, 0.4) is 0 Å². The van der Waals surface area contributed by atoms with E-state index in [0.717, 1.165) is 88.3 Å². The second-order valence-corrected chi connectivity index (χ2v) is 9.74. The Bertz CT molecular complexity index is 2240. The van der Waals surface area contributed by atoms with E-state index >= 15 is 0 Å². The number of benzene rings is 4. The molecule has 0 aliphatic heterocycles. The first-order chi connectivity index (χ1) is 19.3. The van der Waals surface area contributed by atoms with Crippen LogP contribution in [0.2, 0.25) is 0 Å². The number of nitrogens with zero attached hydrogens (tertiary/aromatic N) is 2. The van der Waals surface area contributed by atoms with Crippen LogP contribution < -0.4 is 0 Å². The van der Waals surface area contributed by atoms with Crippen molar-refractivity contribution in [1.82, 2.24) is 9.97 Å². The van der Waals surface area contributed by atoms with E-state index in [1.807, 2.05) is 73.1 Å². The van der Waals surface area contributed by atoms with Crippen LogP contribution >= 0.6 is 0 Å². The first-order valence-electron chi connectivity index (χ1n) is 12.8. The Balaban J connectivity index is 1.34. The monoisotopic (exact) mass is 502 g/mol. The third-order valence-corrected chi connectivity index (χ3v) is 7.62. The fraction of sp³-hybridized carbons (Fsp3) is 0. The molecule has 182 valence electrons. The van der Waals surface area contributed by atoms with Crippen LogP contribution in [0.1, 0.15) is 0 Å². The maximum atomic E-state index is 6.75. The van der Waals surface area contributed by atoms with Crippen molar-refractivity contribution >= 4 is 66.1 Å². The summed E-state index contributed by atoms with van der Waals surface area (Å²) in [5.74, 6) is 0. The number of pyridine rings is 2. The molecule has 0 saturated carbocycles.